The van der Waals surface area contributed by atoms with Crippen molar-refractivity contribution in [3.05, 3.63) is 59.1 Å². The predicted octanol–water partition coefficient (Wildman–Crippen LogP) is 4.33. The number of carbonyl (C=O) groups is 1. The number of rotatable bonds is 4. The van der Waals surface area contributed by atoms with Gasteiger partial charge in [-0.2, -0.15) is 0 Å². The van der Waals surface area contributed by atoms with Crippen LogP contribution in [0.25, 0.3) is 0 Å². The number of esters is 1. The summed E-state index contributed by atoms with van der Waals surface area (Å²) in [5, 5.41) is 6.82. The van der Waals surface area contributed by atoms with Crippen LogP contribution in [0, 0.1) is 0 Å². The molecule has 114 valence electrons. The summed E-state index contributed by atoms with van der Waals surface area (Å²) in [6.07, 6.45) is 0. The molecule has 0 radical (unpaired) electrons. The Morgan fingerprint density at radius 2 is 1.82 bits per heavy atom. The summed E-state index contributed by atoms with van der Waals surface area (Å²) in [5.41, 5.74) is 1.83. The molecule has 2 N–H and O–H groups in total. The third-order valence-corrected chi connectivity index (χ3v) is 3.28. The van der Waals surface area contributed by atoms with Crippen LogP contribution < -0.4 is 10.6 Å². The average molecular weight is 335 g/mol. The molecule has 0 aliphatic rings. The van der Waals surface area contributed by atoms with Gasteiger partial charge in [0.1, 0.15) is 0 Å². The van der Waals surface area contributed by atoms with Crippen LogP contribution in [-0.4, -0.2) is 17.7 Å². The molecule has 0 bridgehead atoms. The molecule has 0 spiro atoms. The van der Waals surface area contributed by atoms with E-state index in [2.05, 4.69) is 10.6 Å². The number of benzene rings is 2. The monoisotopic (exact) mass is 334 g/mol. The molecule has 22 heavy (non-hydrogen) atoms. The Balaban J connectivity index is 2.08. The van der Waals surface area contributed by atoms with Gasteiger partial charge in [0.15, 0.2) is 5.11 Å². The maximum atomic E-state index is 11.8. The van der Waals surface area contributed by atoms with E-state index in [9.17, 15) is 4.79 Å². The number of para-hydroxylation sites is 1. The third-order valence-electron chi connectivity index (χ3n) is 2.75. The van der Waals surface area contributed by atoms with E-state index < -0.39 is 5.97 Å². The lowest BCUT2D eigenvalue weighted by molar-refractivity contribution is 0.0526. The summed E-state index contributed by atoms with van der Waals surface area (Å²) < 4.78 is 4.96. The van der Waals surface area contributed by atoms with E-state index in [4.69, 9.17) is 28.6 Å². The maximum Gasteiger partial charge on any atom is 0.339 e. The first kappa shape index (κ1) is 16.3. The van der Waals surface area contributed by atoms with Crippen molar-refractivity contribution in [1.29, 1.82) is 0 Å². The molecule has 0 heterocycles. The smallest absolute Gasteiger partial charge is 0.339 e. The van der Waals surface area contributed by atoms with Crippen molar-refractivity contribution < 1.29 is 9.53 Å². The van der Waals surface area contributed by atoms with Crippen LogP contribution in [0.2, 0.25) is 5.02 Å². The van der Waals surface area contributed by atoms with Crippen molar-refractivity contribution in [3.63, 3.8) is 0 Å². The van der Waals surface area contributed by atoms with Crippen molar-refractivity contribution in [1.82, 2.24) is 0 Å². The highest BCUT2D eigenvalue weighted by molar-refractivity contribution is 7.80. The van der Waals surface area contributed by atoms with Gasteiger partial charge in [-0.3, -0.25) is 0 Å². The van der Waals surface area contributed by atoms with Crippen LogP contribution in [-0.2, 0) is 4.74 Å². The van der Waals surface area contributed by atoms with Gasteiger partial charge in [0, 0.05) is 11.4 Å². The number of ether oxygens (including phenoxy) is 1. The second-order valence-corrected chi connectivity index (χ2v) is 5.18. The molecule has 0 atom stereocenters. The molecule has 0 saturated carbocycles. The molecule has 0 saturated heterocycles. The van der Waals surface area contributed by atoms with Gasteiger partial charge in [-0.15, -0.1) is 0 Å². The van der Waals surface area contributed by atoms with Crippen LogP contribution in [0.3, 0.4) is 0 Å². The SMILES string of the molecule is CCOC(=O)c1cc(NC(=S)Nc2ccccc2)ccc1Cl. The Labute approximate surface area is 139 Å². The predicted molar refractivity (Wildman–Crippen MR) is 93.7 cm³/mol. The van der Waals surface area contributed by atoms with Gasteiger partial charge in [-0.05, 0) is 49.5 Å². The fourth-order valence-corrected chi connectivity index (χ4v) is 2.21. The standard InChI is InChI=1S/C16H15ClN2O2S/c1-2-21-15(20)13-10-12(8-9-14(13)17)19-16(22)18-11-6-4-3-5-7-11/h3-10H,2H2,1H3,(H2,18,19,22). The van der Waals surface area contributed by atoms with Gasteiger partial charge in [0.2, 0.25) is 0 Å². The summed E-state index contributed by atoms with van der Waals surface area (Å²) in [6, 6.07) is 14.5. The average Bonchev–Trinajstić information content (AvgIpc) is 2.50. The topological polar surface area (TPSA) is 50.4 Å². The van der Waals surface area contributed by atoms with Gasteiger partial charge in [0.05, 0.1) is 17.2 Å². The van der Waals surface area contributed by atoms with Crippen LogP contribution in [0.4, 0.5) is 11.4 Å². The lowest BCUT2D eigenvalue weighted by Gasteiger charge is -2.12. The van der Waals surface area contributed by atoms with Crippen LogP contribution in [0.5, 0.6) is 0 Å². The zero-order valence-corrected chi connectivity index (χ0v) is 13.5. The summed E-state index contributed by atoms with van der Waals surface area (Å²) in [6.45, 7) is 2.04. The summed E-state index contributed by atoms with van der Waals surface area (Å²) in [4.78, 5) is 11.8. The molecule has 0 unspecified atom stereocenters. The van der Waals surface area contributed by atoms with E-state index >= 15 is 0 Å². The number of nitrogens with one attached hydrogen (secondary N) is 2. The largest absolute Gasteiger partial charge is 0.462 e. The molecule has 2 rings (SSSR count). The van der Waals surface area contributed by atoms with Crippen LogP contribution in [0.15, 0.2) is 48.5 Å². The minimum Gasteiger partial charge on any atom is -0.462 e. The van der Waals surface area contributed by atoms with E-state index in [1.54, 1.807) is 25.1 Å². The van der Waals surface area contributed by atoms with Crippen LogP contribution in [0.1, 0.15) is 17.3 Å². The summed E-state index contributed by atoms with van der Waals surface area (Å²) >= 11 is 11.3. The Bertz CT molecular complexity index is 677. The highest BCUT2D eigenvalue weighted by Crippen LogP contribution is 2.21. The third kappa shape index (κ3) is 4.44. The zero-order chi connectivity index (χ0) is 15.9. The lowest BCUT2D eigenvalue weighted by Crippen LogP contribution is -2.19. The summed E-state index contributed by atoms with van der Waals surface area (Å²) in [7, 11) is 0. The Morgan fingerprint density at radius 1 is 1.14 bits per heavy atom. The maximum absolute atomic E-state index is 11.8. The van der Waals surface area contributed by atoms with Crippen molar-refractivity contribution in [2.24, 2.45) is 0 Å². The Kier molecular flexibility index (Phi) is 5.75. The highest BCUT2D eigenvalue weighted by atomic mass is 35.5. The van der Waals surface area contributed by atoms with Crippen molar-refractivity contribution in [2.75, 3.05) is 17.2 Å². The number of thiocarbonyl (C=S) groups is 1. The fraction of sp³-hybridized carbons (Fsp3) is 0.125. The first-order valence-corrected chi connectivity index (χ1v) is 7.48. The van der Waals surface area contributed by atoms with Crippen molar-refractivity contribution in [2.45, 2.75) is 6.92 Å². The molecule has 6 heteroatoms. The minimum absolute atomic E-state index is 0.292. The molecule has 4 nitrogen and oxygen atoms in total. The molecule has 0 aromatic heterocycles. The molecule has 0 aliphatic heterocycles. The molecule has 2 aromatic carbocycles. The summed E-state index contributed by atoms with van der Waals surface area (Å²) in [5.74, 6) is -0.460. The van der Waals surface area contributed by atoms with Crippen molar-refractivity contribution >= 4 is 46.3 Å². The second kappa shape index (κ2) is 7.77. The van der Waals surface area contributed by atoms with Crippen molar-refractivity contribution in [3.8, 4) is 0 Å². The zero-order valence-electron chi connectivity index (χ0n) is 11.9. The van der Waals surface area contributed by atoms with Crippen LogP contribution >= 0.6 is 23.8 Å². The van der Waals surface area contributed by atoms with E-state index in [1.807, 2.05) is 30.3 Å². The fourth-order valence-electron chi connectivity index (χ4n) is 1.78. The first-order valence-electron chi connectivity index (χ1n) is 6.70. The van der Waals surface area contributed by atoms with Gasteiger partial charge in [-0.25, -0.2) is 4.79 Å². The van der Waals surface area contributed by atoms with E-state index in [1.165, 1.54) is 0 Å². The van der Waals surface area contributed by atoms with Gasteiger partial charge in [-0.1, -0.05) is 29.8 Å². The number of hydrogen-bond donors (Lipinski definition) is 2. The number of anilines is 2. The lowest BCUT2D eigenvalue weighted by atomic mass is 10.2. The number of hydrogen-bond acceptors (Lipinski definition) is 3. The van der Waals surface area contributed by atoms with Gasteiger partial charge in [0.25, 0.3) is 0 Å². The molecular formula is C16H15ClN2O2S. The van der Waals surface area contributed by atoms with E-state index in [0.717, 1.165) is 5.69 Å². The Morgan fingerprint density at radius 3 is 2.50 bits per heavy atom. The van der Waals surface area contributed by atoms with E-state index in [0.29, 0.717) is 28.0 Å². The molecule has 0 amide bonds. The molecule has 2 aromatic rings. The first-order chi connectivity index (χ1) is 10.6. The van der Waals surface area contributed by atoms with E-state index in [-0.39, 0.29) is 0 Å². The highest BCUT2D eigenvalue weighted by Gasteiger charge is 2.12. The molecule has 0 aliphatic carbocycles. The minimum atomic E-state index is -0.460. The number of halogens is 1. The molecular weight excluding hydrogens is 320 g/mol. The number of carbonyl (C=O) groups excluding carboxylic acids is 1. The Hall–Kier alpha value is -2.11. The normalized spacial score (nSPS) is 9.91. The quantitative estimate of drug-likeness (QED) is 0.644. The second-order valence-electron chi connectivity index (χ2n) is 4.36. The van der Waals surface area contributed by atoms with Gasteiger partial charge < -0.3 is 15.4 Å². The molecule has 0 fully saturated rings. The van der Waals surface area contributed by atoms with Gasteiger partial charge >= 0.3 is 5.97 Å².